The van der Waals surface area contributed by atoms with E-state index in [1.54, 1.807) is 17.0 Å². The van der Waals surface area contributed by atoms with Crippen molar-refractivity contribution in [1.29, 1.82) is 0 Å². The number of oxazole rings is 1. The fourth-order valence-corrected chi connectivity index (χ4v) is 3.39. The van der Waals surface area contributed by atoms with Crippen LogP contribution >= 0.6 is 0 Å². The number of amides is 1. The number of benzene rings is 1. The molecule has 0 saturated carbocycles. The summed E-state index contributed by atoms with van der Waals surface area (Å²) >= 11 is 0. The fraction of sp³-hybridized carbons (Fsp3) is 0.526. The van der Waals surface area contributed by atoms with Crippen LogP contribution < -0.4 is 28.9 Å². The average molecular weight is 381 g/mol. The fourth-order valence-electron chi connectivity index (χ4n) is 3.39. The number of hydrogen-bond donors (Lipinski definition) is 0. The van der Waals surface area contributed by atoms with Gasteiger partial charge in [-0.15, -0.1) is 0 Å². The summed E-state index contributed by atoms with van der Waals surface area (Å²) in [7, 11) is 0. The van der Waals surface area contributed by atoms with E-state index in [1.807, 2.05) is 39.5 Å². The van der Waals surface area contributed by atoms with E-state index in [0.717, 1.165) is 0 Å². The summed E-state index contributed by atoms with van der Waals surface area (Å²) < 4.78 is 11.3. The van der Waals surface area contributed by atoms with E-state index in [-0.39, 0.29) is 48.1 Å². The maximum atomic E-state index is 12.4. The van der Waals surface area contributed by atoms with E-state index in [9.17, 15) is 14.7 Å². The van der Waals surface area contributed by atoms with Gasteiger partial charge in [0.05, 0.1) is 5.97 Å². The Kier molecular flexibility index (Phi) is 6.36. The van der Waals surface area contributed by atoms with Crippen molar-refractivity contribution >= 4 is 29.2 Å². The molecule has 0 radical (unpaired) electrons. The first-order chi connectivity index (χ1) is 12.6. The molecule has 0 N–H and O–H groups in total. The minimum Gasteiger partial charge on any atom is -0.545 e. The van der Waals surface area contributed by atoms with Crippen LogP contribution in [0.4, 0.5) is 10.8 Å². The Morgan fingerprint density at radius 3 is 2.36 bits per heavy atom. The average Bonchev–Trinajstić information content (AvgIpc) is 2.95. The Morgan fingerprint density at radius 1 is 1.21 bits per heavy atom. The Balaban J connectivity index is 0.00000280. The summed E-state index contributed by atoms with van der Waals surface area (Å²) in [6.45, 7) is 10.3. The van der Waals surface area contributed by atoms with Crippen molar-refractivity contribution in [3.63, 3.8) is 0 Å². The Hall–Kier alpha value is -2.17. The molecule has 3 rings (SSSR count). The van der Waals surface area contributed by atoms with Crippen LogP contribution in [-0.2, 0) is 4.74 Å². The van der Waals surface area contributed by atoms with Crippen LogP contribution in [0.3, 0.4) is 0 Å². The Bertz CT molecular complexity index is 864. The van der Waals surface area contributed by atoms with Gasteiger partial charge >= 0.3 is 25.0 Å². The number of ether oxygens (including phenoxy) is 1. The predicted molar refractivity (Wildman–Crippen MR) is 97.5 cm³/mol. The number of carbonyl (C=O) groups is 2. The number of piperazine rings is 1. The van der Waals surface area contributed by atoms with Crippen LogP contribution in [-0.4, -0.2) is 52.7 Å². The number of hydrogen-bond acceptors (Lipinski definition) is 7. The van der Waals surface area contributed by atoms with Crippen LogP contribution in [0.15, 0.2) is 22.6 Å². The van der Waals surface area contributed by atoms with Crippen LogP contribution in [0.25, 0.3) is 11.1 Å². The van der Waals surface area contributed by atoms with Gasteiger partial charge in [0.2, 0.25) is 0 Å². The number of rotatable bonds is 2. The number of carboxylic acids is 1. The van der Waals surface area contributed by atoms with Crippen molar-refractivity contribution in [2.75, 3.05) is 18.0 Å². The van der Waals surface area contributed by atoms with E-state index in [2.05, 4.69) is 4.98 Å². The second kappa shape index (κ2) is 8.06. The third-order valence-corrected chi connectivity index (χ3v) is 4.42. The molecule has 1 saturated heterocycles. The molecule has 0 spiro atoms. The molecule has 0 aliphatic carbocycles. The van der Waals surface area contributed by atoms with Gasteiger partial charge in [0.15, 0.2) is 5.58 Å². The number of para-hydroxylation sites is 1. The van der Waals surface area contributed by atoms with Crippen molar-refractivity contribution in [3.8, 4) is 0 Å². The first kappa shape index (κ1) is 22.1. The molecule has 1 aliphatic rings. The molecule has 1 aromatic carbocycles. The van der Waals surface area contributed by atoms with Gasteiger partial charge in [0.1, 0.15) is 11.1 Å². The molecule has 1 aliphatic heterocycles. The number of fused-ring (bicyclic) bond motifs is 1. The Morgan fingerprint density at radius 2 is 1.82 bits per heavy atom. The first-order valence-corrected chi connectivity index (χ1v) is 8.94. The summed E-state index contributed by atoms with van der Waals surface area (Å²) in [5, 5.41) is 11.3. The maximum Gasteiger partial charge on any atom is 1.00 e. The molecule has 2 heterocycles. The molecule has 1 fully saturated rings. The van der Waals surface area contributed by atoms with E-state index in [4.69, 9.17) is 9.15 Å². The van der Waals surface area contributed by atoms with Gasteiger partial charge in [-0.2, -0.15) is 4.98 Å². The number of carboxylic acid groups (broad SMARTS) is 1. The molecular formula is C19H24LiN3O5. The third kappa shape index (κ3) is 4.45. The second-order valence-electron chi connectivity index (χ2n) is 7.93. The van der Waals surface area contributed by atoms with Crippen LogP contribution in [0, 0.1) is 0 Å². The standard InChI is InChI=1S/C19H25N3O5.Li/c1-11-9-21(18(25)27-19(3,4)5)10-12(2)22(11)17-20-15-13(16(23)24)7-6-8-14(15)26-17;/h6-8,11-12H,9-10H2,1-5H3,(H,23,24);/q;+1/p-1/t11-,12-;/m0./s1. The summed E-state index contributed by atoms with van der Waals surface area (Å²) in [4.78, 5) is 31.7. The number of anilines is 1. The van der Waals surface area contributed by atoms with Crippen LogP contribution in [0.1, 0.15) is 45.0 Å². The minimum atomic E-state index is -1.30. The van der Waals surface area contributed by atoms with Crippen LogP contribution in [0.5, 0.6) is 0 Å². The van der Waals surface area contributed by atoms with Gasteiger partial charge < -0.3 is 28.9 Å². The van der Waals surface area contributed by atoms with Crippen molar-refractivity contribution in [1.82, 2.24) is 9.88 Å². The molecule has 1 amide bonds. The largest absolute Gasteiger partial charge is 1.00 e. The molecule has 1 aromatic heterocycles. The summed E-state index contributed by atoms with van der Waals surface area (Å²) in [6, 6.07) is 4.88. The molecule has 2 atom stereocenters. The molecule has 9 heteroatoms. The normalized spacial score (nSPS) is 20.0. The molecule has 146 valence electrons. The van der Waals surface area contributed by atoms with Gasteiger partial charge in [-0.05, 0) is 40.7 Å². The first-order valence-electron chi connectivity index (χ1n) is 8.94. The quantitative estimate of drug-likeness (QED) is 0.617. The van der Waals surface area contributed by atoms with Crippen LogP contribution in [0.2, 0.25) is 0 Å². The van der Waals surface area contributed by atoms with Crippen molar-refractivity contribution < 1.29 is 42.7 Å². The zero-order chi connectivity index (χ0) is 19.9. The zero-order valence-electron chi connectivity index (χ0n) is 17.2. The summed E-state index contributed by atoms with van der Waals surface area (Å²) in [5.41, 5.74) is 0.0970. The van der Waals surface area contributed by atoms with E-state index >= 15 is 0 Å². The minimum absolute atomic E-state index is 0. The molecular weight excluding hydrogens is 357 g/mol. The van der Waals surface area contributed by atoms with Gasteiger partial charge in [-0.3, -0.25) is 0 Å². The van der Waals surface area contributed by atoms with Gasteiger partial charge in [0.25, 0.3) is 6.01 Å². The summed E-state index contributed by atoms with van der Waals surface area (Å²) in [6.07, 6.45) is -0.349. The molecule has 8 nitrogen and oxygen atoms in total. The number of aromatic nitrogens is 1. The zero-order valence-corrected chi connectivity index (χ0v) is 17.2. The Labute approximate surface area is 176 Å². The third-order valence-electron chi connectivity index (χ3n) is 4.42. The molecule has 2 aromatic rings. The number of aromatic carboxylic acids is 1. The molecule has 0 bridgehead atoms. The molecule has 0 unspecified atom stereocenters. The monoisotopic (exact) mass is 381 g/mol. The van der Waals surface area contributed by atoms with E-state index in [0.29, 0.717) is 24.7 Å². The summed E-state index contributed by atoms with van der Waals surface area (Å²) in [5.74, 6) is -1.30. The molecule has 28 heavy (non-hydrogen) atoms. The van der Waals surface area contributed by atoms with E-state index in [1.165, 1.54) is 6.07 Å². The number of carbonyl (C=O) groups excluding carboxylic acids is 2. The second-order valence-corrected chi connectivity index (χ2v) is 7.93. The number of nitrogens with zero attached hydrogens (tertiary/aromatic N) is 3. The maximum absolute atomic E-state index is 12.4. The van der Waals surface area contributed by atoms with Gasteiger partial charge in [-0.25, -0.2) is 4.79 Å². The van der Waals surface area contributed by atoms with Crippen molar-refractivity contribution in [2.45, 2.75) is 52.3 Å². The van der Waals surface area contributed by atoms with Gasteiger partial charge in [-0.1, -0.05) is 12.1 Å². The van der Waals surface area contributed by atoms with E-state index < -0.39 is 11.6 Å². The topological polar surface area (TPSA) is 98.9 Å². The van der Waals surface area contributed by atoms with Crippen molar-refractivity contribution in [2.24, 2.45) is 0 Å². The van der Waals surface area contributed by atoms with Gasteiger partial charge in [0, 0.05) is 30.7 Å². The predicted octanol–water partition coefficient (Wildman–Crippen LogP) is -0.971. The van der Waals surface area contributed by atoms with Crippen molar-refractivity contribution in [3.05, 3.63) is 23.8 Å². The SMILES string of the molecule is C[C@H]1CN(C(=O)OC(C)(C)C)C[C@H](C)N1c1nc2c(C(=O)[O-])cccc2o1.[Li+]. The smallest absolute Gasteiger partial charge is 0.545 e.